The van der Waals surface area contributed by atoms with Gasteiger partial charge in [-0.05, 0) is 46.5 Å². The Morgan fingerprint density at radius 1 is 0.487 bits per heavy atom. The minimum atomic E-state index is -3.17. The Balaban J connectivity index is 1.44. The molecule has 0 aliphatic rings. The van der Waals surface area contributed by atoms with Crippen molar-refractivity contribution in [2.45, 2.75) is 0 Å². The summed E-state index contributed by atoms with van der Waals surface area (Å²) in [5.41, 5.74) is 3.87. The third-order valence-corrected chi connectivity index (χ3v) is 10.9. The lowest BCUT2D eigenvalue weighted by Crippen LogP contribution is -2.25. The largest absolute Gasteiger partial charge is 0.309 e. The summed E-state index contributed by atoms with van der Waals surface area (Å²) >= 11 is 0. The lowest BCUT2D eigenvalue weighted by Gasteiger charge is -2.20. The Labute approximate surface area is 225 Å². The minimum Gasteiger partial charge on any atom is -0.309 e. The van der Waals surface area contributed by atoms with E-state index in [1.807, 2.05) is 60.7 Å². The van der Waals surface area contributed by atoms with E-state index in [2.05, 4.69) is 83.3 Å². The second-order valence-corrected chi connectivity index (χ2v) is 12.8. The summed E-state index contributed by atoms with van der Waals surface area (Å²) in [7, 11) is -3.17. The molecule has 0 spiro atoms. The number of imidazole rings is 1. The summed E-state index contributed by atoms with van der Waals surface area (Å²) in [5, 5.41) is 8.12. The van der Waals surface area contributed by atoms with Gasteiger partial charge >= 0.3 is 0 Å². The quantitative estimate of drug-likeness (QED) is 0.178. The molecule has 6 aromatic carbocycles. The van der Waals surface area contributed by atoms with Crippen molar-refractivity contribution in [3.05, 3.63) is 140 Å². The zero-order valence-corrected chi connectivity index (χ0v) is 21.9. The number of hydrogen-bond donors (Lipinski definition) is 0. The molecular formula is C35H23N2OP. The molecule has 0 saturated heterocycles. The van der Waals surface area contributed by atoms with Crippen LogP contribution in [0, 0.1) is 0 Å². The number of rotatable bonds is 3. The van der Waals surface area contributed by atoms with E-state index in [9.17, 15) is 0 Å². The predicted molar refractivity (Wildman–Crippen MR) is 165 cm³/mol. The van der Waals surface area contributed by atoms with Crippen LogP contribution in [0.2, 0.25) is 0 Å². The van der Waals surface area contributed by atoms with Crippen molar-refractivity contribution in [2.24, 2.45) is 0 Å². The van der Waals surface area contributed by atoms with Crippen molar-refractivity contribution in [1.82, 2.24) is 9.38 Å². The van der Waals surface area contributed by atoms with E-state index >= 15 is 4.57 Å². The van der Waals surface area contributed by atoms with E-state index < -0.39 is 7.14 Å². The van der Waals surface area contributed by atoms with E-state index in [4.69, 9.17) is 4.98 Å². The Bertz CT molecular complexity index is 2270. The molecule has 0 fully saturated rings. The number of hydrogen-bond acceptors (Lipinski definition) is 2. The van der Waals surface area contributed by atoms with Crippen molar-refractivity contribution < 1.29 is 4.57 Å². The van der Waals surface area contributed by atoms with Crippen LogP contribution in [0.1, 0.15) is 0 Å². The molecule has 0 bridgehead atoms. The lowest BCUT2D eigenvalue weighted by molar-refractivity contribution is 0.592. The second-order valence-electron chi connectivity index (χ2n) is 9.98. The molecule has 0 aliphatic carbocycles. The Morgan fingerprint density at radius 2 is 1.13 bits per heavy atom. The van der Waals surface area contributed by atoms with Gasteiger partial charge in [-0.25, -0.2) is 4.98 Å². The first-order valence-electron chi connectivity index (χ1n) is 13.1. The van der Waals surface area contributed by atoms with Crippen LogP contribution < -0.4 is 15.9 Å². The van der Waals surface area contributed by atoms with Gasteiger partial charge in [-0.2, -0.15) is 0 Å². The van der Waals surface area contributed by atoms with Crippen LogP contribution in [0.25, 0.3) is 49.1 Å². The highest BCUT2D eigenvalue weighted by Gasteiger charge is 2.30. The van der Waals surface area contributed by atoms with Gasteiger partial charge in [0.05, 0.1) is 16.6 Å². The van der Waals surface area contributed by atoms with E-state index in [1.165, 1.54) is 10.8 Å². The monoisotopic (exact) mass is 518 g/mol. The smallest absolute Gasteiger partial charge is 0.171 e. The molecule has 2 aromatic heterocycles. The summed E-state index contributed by atoms with van der Waals surface area (Å²) in [4.78, 5) is 5.15. The SMILES string of the molecule is O=P(c1ccccc1)(c1ccc2ccccc2c1)c1ccc2c(c1)nc1c3ccccc3c3ccccc3n21. The first kappa shape index (κ1) is 22.3. The summed E-state index contributed by atoms with van der Waals surface area (Å²) in [6, 6.07) is 47.3. The van der Waals surface area contributed by atoms with Gasteiger partial charge in [-0.3, -0.25) is 4.40 Å². The first-order chi connectivity index (χ1) is 19.2. The standard InChI is InChI=1S/C35H23N2OP/c38-39(26-12-2-1-3-13-26,27-19-18-24-10-4-5-11-25(24)22-27)28-20-21-34-32(23-28)36-35-31-16-7-6-14-29(31)30-15-8-9-17-33(30)37(34)35/h1-23H. The van der Waals surface area contributed by atoms with E-state index in [0.717, 1.165) is 54.3 Å². The molecule has 1 unspecified atom stereocenters. The van der Waals surface area contributed by atoms with Crippen molar-refractivity contribution in [3.63, 3.8) is 0 Å². The average Bonchev–Trinajstić information content (AvgIpc) is 3.40. The van der Waals surface area contributed by atoms with Crippen molar-refractivity contribution >= 4 is 72.2 Å². The normalized spacial score (nSPS) is 13.4. The van der Waals surface area contributed by atoms with Gasteiger partial charge in [0.2, 0.25) is 0 Å². The summed E-state index contributed by atoms with van der Waals surface area (Å²) in [6.45, 7) is 0. The summed E-state index contributed by atoms with van der Waals surface area (Å²) in [5.74, 6) is 0. The van der Waals surface area contributed by atoms with Crippen LogP contribution in [0.15, 0.2) is 140 Å². The molecule has 4 heteroatoms. The highest BCUT2D eigenvalue weighted by atomic mass is 31.2. The van der Waals surface area contributed by atoms with Gasteiger partial charge in [-0.1, -0.05) is 109 Å². The predicted octanol–water partition coefficient (Wildman–Crippen LogP) is 7.59. The highest BCUT2D eigenvalue weighted by Crippen LogP contribution is 2.44. The van der Waals surface area contributed by atoms with Crippen molar-refractivity contribution in [2.75, 3.05) is 0 Å². The molecular weight excluding hydrogens is 495 g/mol. The number of benzene rings is 6. The van der Waals surface area contributed by atoms with E-state index in [1.54, 1.807) is 0 Å². The van der Waals surface area contributed by atoms with Crippen LogP contribution in [0.4, 0.5) is 0 Å². The lowest BCUT2D eigenvalue weighted by atomic mass is 10.1. The van der Waals surface area contributed by atoms with Crippen LogP contribution in [-0.2, 0) is 4.57 Å². The maximum Gasteiger partial charge on any atom is 0.171 e. The highest BCUT2D eigenvalue weighted by molar-refractivity contribution is 7.85. The Kier molecular flexibility index (Phi) is 4.79. The molecule has 39 heavy (non-hydrogen) atoms. The summed E-state index contributed by atoms with van der Waals surface area (Å²) < 4.78 is 17.5. The fourth-order valence-electron chi connectivity index (χ4n) is 5.96. The fraction of sp³-hybridized carbons (Fsp3) is 0. The van der Waals surface area contributed by atoms with E-state index in [-0.39, 0.29) is 0 Å². The van der Waals surface area contributed by atoms with Gasteiger partial charge in [0, 0.05) is 26.7 Å². The molecule has 1 atom stereocenters. The Hall–Kier alpha value is -4.72. The fourth-order valence-corrected chi connectivity index (χ4v) is 8.64. The van der Waals surface area contributed by atoms with Crippen LogP contribution in [0.3, 0.4) is 0 Å². The van der Waals surface area contributed by atoms with Gasteiger partial charge in [0.1, 0.15) is 5.65 Å². The zero-order valence-electron chi connectivity index (χ0n) is 21.0. The van der Waals surface area contributed by atoms with Gasteiger partial charge < -0.3 is 4.57 Å². The second kappa shape index (κ2) is 8.39. The van der Waals surface area contributed by atoms with Crippen LogP contribution in [0.5, 0.6) is 0 Å². The molecule has 2 heterocycles. The third kappa shape index (κ3) is 3.24. The number of fused-ring (bicyclic) bond motifs is 9. The van der Waals surface area contributed by atoms with Crippen LogP contribution >= 0.6 is 7.14 Å². The first-order valence-corrected chi connectivity index (χ1v) is 14.8. The maximum atomic E-state index is 15.3. The molecule has 0 aliphatic heterocycles. The Morgan fingerprint density at radius 3 is 1.97 bits per heavy atom. The average molecular weight is 519 g/mol. The molecule has 8 aromatic rings. The maximum absolute atomic E-state index is 15.3. The minimum absolute atomic E-state index is 0.786. The van der Waals surface area contributed by atoms with Crippen LogP contribution in [-0.4, -0.2) is 9.38 Å². The van der Waals surface area contributed by atoms with Gasteiger partial charge in [-0.15, -0.1) is 0 Å². The van der Waals surface area contributed by atoms with Gasteiger partial charge in [0.25, 0.3) is 0 Å². The van der Waals surface area contributed by atoms with Gasteiger partial charge in [0.15, 0.2) is 7.14 Å². The van der Waals surface area contributed by atoms with Crippen molar-refractivity contribution in [3.8, 4) is 0 Å². The molecule has 0 saturated carbocycles. The zero-order chi connectivity index (χ0) is 26.0. The molecule has 0 amide bonds. The van der Waals surface area contributed by atoms with Crippen molar-refractivity contribution in [1.29, 1.82) is 0 Å². The molecule has 184 valence electrons. The number of pyridine rings is 1. The number of para-hydroxylation sites is 1. The molecule has 3 nitrogen and oxygen atoms in total. The molecule has 8 rings (SSSR count). The molecule has 0 radical (unpaired) electrons. The van der Waals surface area contributed by atoms with E-state index in [0.29, 0.717) is 0 Å². The summed E-state index contributed by atoms with van der Waals surface area (Å²) in [6.07, 6.45) is 0. The third-order valence-electron chi connectivity index (χ3n) is 7.82. The number of nitrogens with zero attached hydrogens (tertiary/aromatic N) is 2. The topological polar surface area (TPSA) is 34.4 Å². The number of aromatic nitrogens is 2. The molecule has 0 N–H and O–H groups in total.